The first-order valence-corrected chi connectivity index (χ1v) is 6.03. The Hall–Kier alpha value is -1.08. The Balaban J connectivity index is 1.95. The molecule has 1 fully saturated rings. The average molecular weight is 262 g/mol. The summed E-state index contributed by atoms with van der Waals surface area (Å²) in [6, 6.07) is 1.08. The first kappa shape index (κ1) is 13.4. The molecular weight excluding hydrogens is 245 g/mol. The molecule has 0 aliphatic carbocycles. The lowest BCUT2D eigenvalue weighted by Crippen LogP contribution is -2.37. The van der Waals surface area contributed by atoms with E-state index in [2.05, 4.69) is 15.1 Å². The fourth-order valence-electron chi connectivity index (χ4n) is 2.32. The molecule has 0 aromatic carbocycles. The predicted molar refractivity (Wildman–Crippen MR) is 60.6 cm³/mol. The summed E-state index contributed by atoms with van der Waals surface area (Å²) in [5, 5.41) is 5.74. The van der Waals surface area contributed by atoms with Crippen LogP contribution in [0.1, 0.15) is 24.2 Å². The number of likely N-dealkylation sites (tertiary alicyclic amines) is 1. The predicted octanol–water partition coefficient (Wildman–Crippen LogP) is 1.60. The van der Waals surface area contributed by atoms with Gasteiger partial charge in [0.1, 0.15) is 0 Å². The molecule has 2 rings (SSSR count). The number of piperidine rings is 1. The molecule has 1 aromatic rings. The van der Waals surface area contributed by atoms with Crippen molar-refractivity contribution in [2.75, 3.05) is 19.6 Å². The van der Waals surface area contributed by atoms with Crippen LogP contribution in [0.5, 0.6) is 0 Å². The normalized spacial score (nSPS) is 22.3. The number of hydrogen-bond acceptors (Lipinski definition) is 3. The number of nitrogens with zero attached hydrogens (tertiary/aromatic N) is 2. The Labute approximate surface area is 103 Å². The first-order chi connectivity index (χ1) is 8.49. The van der Waals surface area contributed by atoms with Gasteiger partial charge in [0.2, 0.25) is 0 Å². The van der Waals surface area contributed by atoms with Gasteiger partial charge in [-0.25, -0.2) is 0 Å². The molecule has 1 saturated heterocycles. The fraction of sp³-hybridized carbons (Fsp3) is 0.727. The molecule has 4 nitrogen and oxygen atoms in total. The number of nitrogens with two attached hydrogens (primary N) is 1. The zero-order chi connectivity index (χ0) is 13.2. The molecule has 7 heteroatoms. The molecule has 2 heterocycles. The fourth-order valence-corrected chi connectivity index (χ4v) is 2.32. The highest BCUT2D eigenvalue weighted by molar-refractivity contribution is 5.11. The standard InChI is InChI=1S/C11H17F3N4/c12-11(13,14)10-4-9(16-17-10)7-18-3-1-2-8(5-15)6-18/h4,8H,1-3,5-7,15H2,(H,16,17). The van der Waals surface area contributed by atoms with Crippen molar-refractivity contribution in [3.63, 3.8) is 0 Å². The Kier molecular flexibility index (Phi) is 3.91. The molecule has 1 aliphatic heterocycles. The molecule has 0 amide bonds. The van der Waals surface area contributed by atoms with Gasteiger partial charge in [0, 0.05) is 18.8 Å². The van der Waals surface area contributed by atoms with Crippen LogP contribution in [0.2, 0.25) is 0 Å². The number of hydrogen-bond donors (Lipinski definition) is 2. The van der Waals surface area contributed by atoms with Crippen molar-refractivity contribution in [2.45, 2.75) is 25.6 Å². The summed E-state index contributed by atoms with van der Waals surface area (Å²) in [5.74, 6) is 0.448. The number of H-pyrrole nitrogens is 1. The molecule has 0 radical (unpaired) electrons. The number of halogens is 3. The van der Waals surface area contributed by atoms with Crippen molar-refractivity contribution in [2.24, 2.45) is 11.7 Å². The van der Waals surface area contributed by atoms with Gasteiger partial charge in [-0.3, -0.25) is 10.00 Å². The van der Waals surface area contributed by atoms with Gasteiger partial charge >= 0.3 is 6.18 Å². The summed E-state index contributed by atoms with van der Waals surface area (Å²) in [6.07, 6.45) is -2.23. The van der Waals surface area contributed by atoms with E-state index in [1.165, 1.54) is 0 Å². The second kappa shape index (κ2) is 5.27. The topological polar surface area (TPSA) is 57.9 Å². The van der Waals surface area contributed by atoms with Crippen molar-refractivity contribution in [1.29, 1.82) is 0 Å². The van der Waals surface area contributed by atoms with Gasteiger partial charge in [-0.15, -0.1) is 0 Å². The SMILES string of the molecule is NCC1CCCN(Cc2cc(C(F)(F)F)n[nH]2)C1. The molecule has 1 atom stereocenters. The van der Waals surface area contributed by atoms with Gasteiger partial charge in [-0.2, -0.15) is 18.3 Å². The van der Waals surface area contributed by atoms with Crippen molar-refractivity contribution >= 4 is 0 Å². The van der Waals surface area contributed by atoms with Crippen LogP contribution in [0.15, 0.2) is 6.07 Å². The zero-order valence-corrected chi connectivity index (χ0v) is 10.0. The van der Waals surface area contributed by atoms with E-state index >= 15 is 0 Å². The second-order valence-corrected chi connectivity index (χ2v) is 4.76. The average Bonchev–Trinajstić information content (AvgIpc) is 2.77. The van der Waals surface area contributed by atoms with Gasteiger partial charge in [-0.1, -0.05) is 0 Å². The molecule has 1 aliphatic rings. The van der Waals surface area contributed by atoms with Crippen LogP contribution in [0, 0.1) is 5.92 Å². The van der Waals surface area contributed by atoms with Crippen LogP contribution in [0.3, 0.4) is 0 Å². The van der Waals surface area contributed by atoms with E-state index in [0.29, 0.717) is 24.7 Å². The minimum Gasteiger partial charge on any atom is -0.330 e. The van der Waals surface area contributed by atoms with Gasteiger partial charge in [-0.05, 0) is 37.9 Å². The van der Waals surface area contributed by atoms with Crippen LogP contribution in [0.4, 0.5) is 13.2 Å². The quantitative estimate of drug-likeness (QED) is 0.870. The maximum atomic E-state index is 12.4. The Morgan fingerprint density at radius 1 is 1.50 bits per heavy atom. The monoisotopic (exact) mass is 262 g/mol. The Bertz CT molecular complexity index is 388. The van der Waals surface area contributed by atoms with Crippen LogP contribution in [-0.4, -0.2) is 34.7 Å². The first-order valence-electron chi connectivity index (χ1n) is 6.03. The second-order valence-electron chi connectivity index (χ2n) is 4.76. The van der Waals surface area contributed by atoms with E-state index < -0.39 is 11.9 Å². The minimum atomic E-state index is -4.38. The van der Waals surface area contributed by atoms with E-state index in [1.807, 2.05) is 0 Å². The van der Waals surface area contributed by atoms with Gasteiger partial charge in [0.15, 0.2) is 5.69 Å². The summed E-state index contributed by atoms with van der Waals surface area (Å²) in [6.45, 7) is 2.85. The van der Waals surface area contributed by atoms with Crippen LogP contribution in [0.25, 0.3) is 0 Å². The summed E-state index contributed by atoms with van der Waals surface area (Å²) >= 11 is 0. The molecule has 18 heavy (non-hydrogen) atoms. The van der Waals surface area contributed by atoms with Crippen molar-refractivity contribution in [1.82, 2.24) is 15.1 Å². The molecule has 0 spiro atoms. The Morgan fingerprint density at radius 2 is 2.28 bits per heavy atom. The third-order valence-corrected chi connectivity index (χ3v) is 3.25. The third kappa shape index (κ3) is 3.23. The third-order valence-electron chi connectivity index (χ3n) is 3.25. The van der Waals surface area contributed by atoms with E-state index in [0.717, 1.165) is 32.0 Å². The number of nitrogens with one attached hydrogen (secondary N) is 1. The van der Waals surface area contributed by atoms with E-state index in [4.69, 9.17) is 5.73 Å². The van der Waals surface area contributed by atoms with Crippen LogP contribution < -0.4 is 5.73 Å². The molecule has 1 unspecified atom stereocenters. The van der Waals surface area contributed by atoms with Gasteiger partial charge < -0.3 is 5.73 Å². The van der Waals surface area contributed by atoms with E-state index in [1.54, 1.807) is 0 Å². The number of alkyl halides is 3. The summed E-state index contributed by atoms with van der Waals surface area (Å²) in [4.78, 5) is 2.12. The highest BCUT2D eigenvalue weighted by atomic mass is 19.4. The van der Waals surface area contributed by atoms with Crippen LogP contribution >= 0.6 is 0 Å². The van der Waals surface area contributed by atoms with E-state index in [-0.39, 0.29) is 0 Å². The maximum Gasteiger partial charge on any atom is 0.435 e. The minimum absolute atomic E-state index is 0.448. The number of aromatic amines is 1. The zero-order valence-electron chi connectivity index (χ0n) is 10.0. The lowest BCUT2D eigenvalue weighted by Gasteiger charge is -2.31. The number of rotatable bonds is 3. The van der Waals surface area contributed by atoms with Gasteiger partial charge in [0.25, 0.3) is 0 Å². The smallest absolute Gasteiger partial charge is 0.330 e. The molecule has 0 saturated carbocycles. The molecule has 0 bridgehead atoms. The highest BCUT2D eigenvalue weighted by Gasteiger charge is 2.34. The highest BCUT2D eigenvalue weighted by Crippen LogP contribution is 2.28. The Morgan fingerprint density at radius 3 is 2.89 bits per heavy atom. The summed E-state index contributed by atoms with van der Waals surface area (Å²) < 4.78 is 37.2. The van der Waals surface area contributed by atoms with E-state index in [9.17, 15) is 13.2 Å². The van der Waals surface area contributed by atoms with Gasteiger partial charge in [0.05, 0.1) is 0 Å². The largest absolute Gasteiger partial charge is 0.435 e. The summed E-state index contributed by atoms with van der Waals surface area (Å²) in [7, 11) is 0. The van der Waals surface area contributed by atoms with Crippen molar-refractivity contribution in [3.05, 3.63) is 17.5 Å². The molecule has 1 aromatic heterocycles. The lowest BCUT2D eigenvalue weighted by molar-refractivity contribution is -0.141. The molecule has 3 N–H and O–H groups in total. The molecule has 102 valence electrons. The number of aromatic nitrogens is 2. The van der Waals surface area contributed by atoms with Crippen molar-refractivity contribution < 1.29 is 13.2 Å². The summed E-state index contributed by atoms with van der Waals surface area (Å²) in [5.41, 5.74) is 5.27. The van der Waals surface area contributed by atoms with Crippen molar-refractivity contribution in [3.8, 4) is 0 Å². The maximum absolute atomic E-state index is 12.4. The lowest BCUT2D eigenvalue weighted by atomic mass is 9.98. The van der Waals surface area contributed by atoms with Crippen LogP contribution in [-0.2, 0) is 12.7 Å². The molecular formula is C11H17F3N4.